The minimum absolute atomic E-state index is 0.0829. The van der Waals surface area contributed by atoms with Gasteiger partial charge in [0.15, 0.2) is 0 Å². The number of nitrogens with one attached hydrogen (secondary N) is 1. The first-order chi connectivity index (χ1) is 8.65. The van der Waals surface area contributed by atoms with Crippen LogP contribution in [0.25, 0.3) is 0 Å². The molecule has 0 aliphatic rings. The SMILES string of the molecule is CCC(CCN)CCC(=O)NCc1ccc(C)o1. The minimum Gasteiger partial charge on any atom is -0.465 e. The van der Waals surface area contributed by atoms with Gasteiger partial charge in [-0.25, -0.2) is 0 Å². The number of nitrogens with two attached hydrogens (primary N) is 1. The average Bonchev–Trinajstić information content (AvgIpc) is 2.77. The molecule has 18 heavy (non-hydrogen) atoms. The number of aryl methyl sites for hydroxylation is 1. The van der Waals surface area contributed by atoms with Crippen molar-refractivity contribution >= 4 is 5.91 Å². The Hall–Kier alpha value is -1.29. The van der Waals surface area contributed by atoms with E-state index in [1.807, 2.05) is 19.1 Å². The summed E-state index contributed by atoms with van der Waals surface area (Å²) < 4.78 is 5.39. The van der Waals surface area contributed by atoms with Gasteiger partial charge in [-0.1, -0.05) is 13.3 Å². The zero-order chi connectivity index (χ0) is 13.4. The molecule has 0 saturated carbocycles. The van der Waals surface area contributed by atoms with E-state index in [9.17, 15) is 4.79 Å². The lowest BCUT2D eigenvalue weighted by atomic mass is 9.96. The lowest BCUT2D eigenvalue weighted by Gasteiger charge is -2.12. The van der Waals surface area contributed by atoms with Crippen LogP contribution in [0.3, 0.4) is 0 Å². The van der Waals surface area contributed by atoms with Gasteiger partial charge in [-0.15, -0.1) is 0 Å². The van der Waals surface area contributed by atoms with Gasteiger partial charge in [0.25, 0.3) is 0 Å². The monoisotopic (exact) mass is 252 g/mol. The van der Waals surface area contributed by atoms with Gasteiger partial charge in [0.05, 0.1) is 6.54 Å². The van der Waals surface area contributed by atoms with E-state index in [2.05, 4.69) is 12.2 Å². The van der Waals surface area contributed by atoms with Crippen molar-refractivity contribution in [2.75, 3.05) is 6.54 Å². The quantitative estimate of drug-likeness (QED) is 0.746. The summed E-state index contributed by atoms with van der Waals surface area (Å²) in [6.45, 7) is 5.21. The first-order valence-corrected chi connectivity index (χ1v) is 6.67. The lowest BCUT2D eigenvalue weighted by Crippen LogP contribution is -2.23. The number of carbonyl (C=O) groups is 1. The first kappa shape index (κ1) is 14.8. The van der Waals surface area contributed by atoms with Crippen LogP contribution in [0.2, 0.25) is 0 Å². The summed E-state index contributed by atoms with van der Waals surface area (Å²) in [5, 5.41) is 2.87. The number of carbonyl (C=O) groups excluding carboxylic acids is 1. The Bertz CT molecular complexity index is 360. The summed E-state index contributed by atoms with van der Waals surface area (Å²) in [5.41, 5.74) is 5.54. The van der Waals surface area contributed by atoms with Crippen LogP contribution < -0.4 is 11.1 Å². The highest BCUT2D eigenvalue weighted by Crippen LogP contribution is 2.14. The maximum absolute atomic E-state index is 11.7. The van der Waals surface area contributed by atoms with Gasteiger partial charge < -0.3 is 15.5 Å². The molecule has 0 radical (unpaired) electrons. The van der Waals surface area contributed by atoms with Gasteiger partial charge in [0.1, 0.15) is 11.5 Å². The molecule has 0 spiro atoms. The van der Waals surface area contributed by atoms with Crippen molar-refractivity contribution in [3.8, 4) is 0 Å². The van der Waals surface area contributed by atoms with E-state index in [1.54, 1.807) is 0 Å². The molecule has 1 rings (SSSR count). The summed E-state index contributed by atoms with van der Waals surface area (Å²) in [6, 6.07) is 3.79. The molecule has 0 fully saturated rings. The van der Waals surface area contributed by atoms with Crippen LogP contribution in [0, 0.1) is 12.8 Å². The zero-order valence-electron chi connectivity index (χ0n) is 11.4. The molecule has 102 valence electrons. The Labute approximate surface area is 109 Å². The molecule has 1 heterocycles. The van der Waals surface area contributed by atoms with Crippen LogP contribution in [0.4, 0.5) is 0 Å². The van der Waals surface area contributed by atoms with Crippen LogP contribution in [0.5, 0.6) is 0 Å². The number of rotatable bonds is 8. The lowest BCUT2D eigenvalue weighted by molar-refractivity contribution is -0.121. The molecule has 0 aromatic carbocycles. The highest BCUT2D eigenvalue weighted by Gasteiger charge is 2.09. The third-order valence-electron chi connectivity index (χ3n) is 3.19. The third-order valence-corrected chi connectivity index (χ3v) is 3.19. The Morgan fingerprint density at radius 1 is 1.44 bits per heavy atom. The van der Waals surface area contributed by atoms with E-state index in [4.69, 9.17) is 10.2 Å². The van der Waals surface area contributed by atoms with Gasteiger partial charge in [0.2, 0.25) is 5.91 Å². The highest BCUT2D eigenvalue weighted by molar-refractivity contribution is 5.75. The zero-order valence-corrected chi connectivity index (χ0v) is 11.4. The normalized spacial score (nSPS) is 12.4. The van der Waals surface area contributed by atoms with E-state index in [0.29, 0.717) is 25.4 Å². The summed E-state index contributed by atoms with van der Waals surface area (Å²) in [5.74, 6) is 2.31. The molecule has 4 nitrogen and oxygen atoms in total. The van der Waals surface area contributed by atoms with Crippen LogP contribution in [0.15, 0.2) is 16.5 Å². The van der Waals surface area contributed by atoms with Gasteiger partial charge in [-0.05, 0) is 44.4 Å². The Morgan fingerprint density at radius 2 is 2.22 bits per heavy atom. The second-order valence-corrected chi connectivity index (χ2v) is 4.68. The van der Waals surface area contributed by atoms with Crippen LogP contribution in [-0.2, 0) is 11.3 Å². The summed E-state index contributed by atoms with van der Waals surface area (Å²) in [4.78, 5) is 11.7. The number of amides is 1. The van der Waals surface area contributed by atoms with Crippen molar-refractivity contribution in [3.05, 3.63) is 23.7 Å². The molecule has 1 aromatic heterocycles. The standard InChI is InChI=1S/C14H24N2O2/c1-3-12(8-9-15)5-7-14(17)16-10-13-6-4-11(2)18-13/h4,6,12H,3,5,7-10,15H2,1-2H3,(H,16,17). The van der Waals surface area contributed by atoms with E-state index >= 15 is 0 Å². The van der Waals surface area contributed by atoms with Gasteiger partial charge in [-0.2, -0.15) is 0 Å². The second kappa shape index (κ2) is 7.93. The molecule has 4 heteroatoms. The summed E-state index contributed by atoms with van der Waals surface area (Å²) >= 11 is 0. The molecule has 0 bridgehead atoms. The van der Waals surface area contributed by atoms with Crippen LogP contribution >= 0.6 is 0 Å². The van der Waals surface area contributed by atoms with E-state index in [1.165, 1.54) is 0 Å². The molecule has 0 aliphatic carbocycles. The fourth-order valence-electron chi connectivity index (χ4n) is 1.98. The third kappa shape index (κ3) is 5.36. The average molecular weight is 252 g/mol. The highest BCUT2D eigenvalue weighted by atomic mass is 16.3. The smallest absolute Gasteiger partial charge is 0.220 e. The minimum atomic E-state index is 0.0829. The van der Waals surface area contributed by atoms with Crippen molar-refractivity contribution < 1.29 is 9.21 Å². The fraction of sp³-hybridized carbons (Fsp3) is 0.643. The number of hydrogen-bond donors (Lipinski definition) is 2. The first-order valence-electron chi connectivity index (χ1n) is 6.67. The van der Waals surface area contributed by atoms with Crippen molar-refractivity contribution in [3.63, 3.8) is 0 Å². The number of hydrogen-bond acceptors (Lipinski definition) is 3. The molecule has 0 aliphatic heterocycles. The Balaban J connectivity index is 2.21. The summed E-state index contributed by atoms with van der Waals surface area (Å²) in [6.07, 6.45) is 3.57. The maximum Gasteiger partial charge on any atom is 0.220 e. The van der Waals surface area contributed by atoms with E-state index < -0.39 is 0 Å². The summed E-state index contributed by atoms with van der Waals surface area (Å²) in [7, 11) is 0. The maximum atomic E-state index is 11.7. The van der Waals surface area contributed by atoms with Crippen LogP contribution in [0.1, 0.15) is 44.1 Å². The van der Waals surface area contributed by atoms with Crippen molar-refractivity contribution in [2.45, 2.75) is 46.1 Å². The predicted octanol–water partition coefficient (Wildman–Crippen LogP) is 2.36. The largest absolute Gasteiger partial charge is 0.465 e. The van der Waals surface area contributed by atoms with Gasteiger partial charge in [-0.3, -0.25) is 4.79 Å². The topological polar surface area (TPSA) is 68.3 Å². The Morgan fingerprint density at radius 3 is 2.78 bits per heavy atom. The van der Waals surface area contributed by atoms with Gasteiger partial charge in [0, 0.05) is 6.42 Å². The predicted molar refractivity (Wildman–Crippen MR) is 72.0 cm³/mol. The molecular weight excluding hydrogens is 228 g/mol. The molecular formula is C14H24N2O2. The number of furan rings is 1. The molecule has 3 N–H and O–H groups in total. The molecule has 1 amide bonds. The van der Waals surface area contributed by atoms with E-state index in [-0.39, 0.29) is 5.91 Å². The molecule has 1 atom stereocenters. The molecule has 0 saturated heterocycles. The van der Waals surface area contributed by atoms with Crippen molar-refractivity contribution in [1.29, 1.82) is 0 Å². The molecule has 1 aromatic rings. The van der Waals surface area contributed by atoms with Gasteiger partial charge >= 0.3 is 0 Å². The van der Waals surface area contributed by atoms with Crippen molar-refractivity contribution in [2.24, 2.45) is 11.7 Å². The van der Waals surface area contributed by atoms with Crippen LogP contribution in [-0.4, -0.2) is 12.5 Å². The fourth-order valence-corrected chi connectivity index (χ4v) is 1.98. The Kier molecular flexibility index (Phi) is 6.50. The second-order valence-electron chi connectivity index (χ2n) is 4.68. The molecule has 1 unspecified atom stereocenters. The van der Waals surface area contributed by atoms with Crippen molar-refractivity contribution in [1.82, 2.24) is 5.32 Å². The van der Waals surface area contributed by atoms with E-state index in [0.717, 1.165) is 30.8 Å².